The molecule has 1 aromatic carbocycles. The van der Waals surface area contributed by atoms with Gasteiger partial charge in [-0.3, -0.25) is 9.69 Å². The van der Waals surface area contributed by atoms with Gasteiger partial charge >= 0.3 is 5.97 Å². The summed E-state index contributed by atoms with van der Waals surface area (Å²) in [6, 6.07) is 11.5. The van der Waals surface area contributed by atoms with Crippen LogP contribution >= 0.6 is 0 Å². The lowest BCUT2D eigenvalue weighted by molar-refractivity contribution is -0.149. The number of piperidine rings is 1. The van der Waals surface area contributed by atoms with Crippen LogP contribution in [0.1, 0.15) is 30.7 Å². The molecule has 0 spiro atoms. The van der Waals surface area contributed by atoms with Crippen molar-refractivity contribution in [3.05, 3.63) is 35.9 Å². The molecule has 0 aliphatic carbocycles. The Labute approximate surface area is 114 Å². The number of ether oxygens (including phenoxy) is 1. The third-order valence-corrected chi connectivity index (χ3v) is 4.96. The van der Waals surface area contributed by atoms with Crippen LogP contribution in [0.2, 0.25) is 0 Å². The standard InChI is InChI=1S/C16H21NO2/c1-17-12-8-9-14(17)15(11-6-4-3-5-7-11)13(10-12)16(18)19-2/h3-7,12-15H,8-10H2,1-2H3/t12-,13-,14?,15+/m1/s1. The summed E-state index contributed by atoms with van der Waals surface area (Å²) in [7, 11) is 3.70. The third-order valence-electron chi connectivity index (χ3n) is 4.96. The van der Waals surface area contributed by atoms with Gasteiger partial charge in [0.25, 0.3) is 0 Å². The molecule has 2 heterocycles. The molecule has 0 N–H and O–H groups in total. The van der Waals surface area contributed by atoms with E-state index >= 15 is 0 Å². The van der Waals surface area contributed by atoms with Gasteiger partial charge in [0.1, 0.15) is 0 Å². The van der Waals surface area contributed by atoms with Gasteiger partial charge in [0.15, 0.2) is 0 Å². The van der Waals surface area contributed by atoms with Crippen molar-refractivity contribution in [1.29, 1.82) is 0 Å². The van der Waals surface area contributed by atoms with Crippen LogP contribution in [0.15, 0.2) is 30.3 Å². The minimum atomic E-state index is -0.0427. The predicted molar refractivity (Wildman–Crippen MR) is 73.9 cm³/mol. The molecule has 4 atom stereocenters. The SMILES string of the molecule is COC(=O)[C@@H]1C[C@H]2CCC([C@H]1c1ccccc1)N2C. The van der Waals surface area contributed by atoms with Crippen molar-refractivity contribution in [2.24, 2.45) is 5.92 Å². The zero-order valence-electron chi connectivity index (χ0n) is 11.6. The molecule has 102 valence electrons. The molecule has 1 aromatic rings. The number of carbonyl (C=O) groups excluding carboxylic acids is 1. The van der Waals surface area contributed by atoms with Crippen molar-refractivity contribution in [3.63, 3.8) is 0 Å². The van der Waals surface area contributed by atoms with Crippen LogP contribution < -0.4 is 0 Å². The van der Waals surface area contributed by atoms with Gasteiger partial charge in [-0.15, -0.1) is 0 Å². The highest BCUT2D eigenvalue weighted by atomic mass is 16.5. The first-order chi connectivity index (χ1) is 9.22. The first kappa shape index (κ1) is 12.7. The summed E-state index contributed by atoms with van der Waals surface area (Å²) in [6.07, 6.45) is 3.32. The molecule has 0 saturated carbocycles. The minimum Gasteiger partial charge on any atom is -0.469 e. The number of fused-ring (bicyclic) bond motifs is 2. The molecular formula is C16H21NO2. The number of hydrogen-bond donors (Lipinski definition) is 0. The molecule has 0 amide bonds. The van der Waals surface area contributed by atoms with E-state index in [0.717, 1.165) is 6.42 Å². The van der Waals surface area contributed by atoms with Crippen LogP contribution in [-0.2, 0) is 9.53 Å². The quantitative estimate of drug-likeness (QED) is 0.764. The first-order valence-corrected chi connectivity index (χ1v) is 7.07. The molecule has 3 rings (SSSR count). The van der Waals surface area contributed by atoms with Crippen molar-refractivity contribution in [2.45, 2.75) is 37.3 Å². The Morgan fingerprint density at radius 2 is 2.00 bits per heavy atom. The zero-order valence-corrected chi connectivity index (χ0v) is 11.6. The lowest BCUT2D eigenvalue weighted by Crippen LogP contribution is -2.47. The molecule has 2 fully saturated rings. The van der Waals surface area contributed by atoms with Gasteiger partial charge in [0.2, 0.25) is 0 Å². The second-order valence-electron chi connectivity index (χ2n) is 5.77. The van der Waals surface area contributed by atoms with E-state index in [1.54, 1.807) is 0 Å². The van der Waals surface area contributed by atoms with E-state index in [1.165, 1.54) is 25.5 Å². The molecule has 0 radical (unpaired) electrons. The molecule has 3 nitrogen and oxygen atoms in total. The number of methoxy groups -OCH3 is 1. The van der Waals surface area contributed by atoms with Gasteiger partial charge in [0.05, 0.1) is 13.0 Å². The van der Waals surface area contributed by atoms with Crippen molar-refractivity contribution in [3.8, 4) is 0 Å². The summed E-state index contributed by atoms with van der Waals surface area (Å²) in [4.78, 5) is 14.6. The highest BCUT2D eigenvalue weighted by Gasteiger charge is 2.48. The molecule has 19 heavy (non-hydrogen) atoms. The Morgan fingerprint density at radius 1 is 1.26 bits per heavy atom. The highest BCUT2D eigenvalue weighted by molar-refractivity contribution is 5.74. The van der Waals surface area contributed by atoms with E-state index in [9.17, 15) is 4.79 Å². The second-order valence-corrected chi connectivity index (χ2v) is 5.77. The van der Waals surface area contributed by atoms with Gasteiger partial charge in [-0.25, -0.2) is 0 Å². The van der Waals surface area contributed by atoms with Crippen molar-refractivity contribution >= 4 is 5.97 Å². The average Bonchev–Trinajstić information content (AvgIpc) is 2.70. The van der Waals surface area contributed by atoms with Gasteiger partial charge < -0.3 is 4.74 Å². The molecule has 2 bridgehead atoms. The molecule has 3 heteroatoms. The number of nitrogens with zero attached hydrogens (tertiary/aromatic N) is 1. The van der Waals surface area contributed by atoms with E-state index in [0.29, 0.717) is 12.1 Å². The monoisotopic (exact) mass is 259 g/mol. The molecular weight excluding hydrogens is 238 g/mol. The number of likely N-dealkylation sites (N-methyl/N-ethyl adjacent to an activating group) is 1. The van der Waals surface area contributed by atoms with Crippen molar-refractivity contribution in [1.82, 2.24) is 4.90 Å². The third kappa shape index (κ3) is 2.06. The lowest BCUT2D eigenvalue weighted by Gasteiger charge is -2.42. The summed E-state index contributed by atoms with van der Waals surface area (Å²) < 4.78 is 5.04. The fraction of sp³-hybridized carbons (Fsp3) is 0.562. The Balaban J connectivity index is 1.97. The Hall–Kier alpha value is -1.35. The van der Waals surface area contributed by atoms with E-state index in [2.05, 4.69) is 36.2 Å². The predicted octanol–water partition coefficient (Wildman–Crippen LogP) is 2.43. The highest BCUT2D eigenvalue weighted by Crippen LogP contribution is 2.46. The van der Waals surface area contributed by atoms with Gasteiger partial charge in [-0.05, 0) is 31.9 Å². The summed E-state index contributed by atoms with van der Waals surface area (Å²) in [6.45, 7) is 0. The van der Waals surface area contributed by atoms with Crippen molar-refractivity contribution < 1.29 is 9.53 Å². The molecule has 0 aromatic heterocycles. The van der Waals surface area contributed by atoms with Crippen LogP contribution in [0.4, 0.5) is 0 Å². The van der Waals surface area contributed by atoms with Gasteiger partial charge in [-0.2, -0.15) is 0 Å². The maximum Gasteiger partial charge on any atom is 0.309 e. The fourth-order valence-electron chi connectivity index (χ4n) is 3.99. The first-order valence-electron chi connectivity index (χ1n) is 7.07. The normalized spacial score (nSPS) is 34.2. The van der Waals surface area contributed by atoms with Crippen molar-refractivity contribution in [2.75, 3.05) is 14.2 Å². The van der Waals surface area contributed by atoms with Gasteiger partial charge in [0, 0.05) is 18.0 Å². The van der Waals surface area contributed by atoms with Crippen LogP contribution in [0.3, 0.4) is 0 Å². The summed E-state index contributed by atoms with van der Waals surface area (Å²) >= 11 is 0. The van der Waals surface area contributed by atoms with Gasteiger partial charge in [-0.1, -0.05) is 30.3 Å². The number of carbonyl (C=O) groups is 1. The van der Waals surface area contributed by atoms with E-state index in [-0.39, 0.29) is 17.8 Å². The summed E-state index contributed by atoms with van der Waals surface area (Å²) in [5.41, 5.74) is 1.27. The maximum absolute atomic E-state index is 12.1. The zero-order chi connectivity index (χ0) is 13.4. The fourth-order valence-corrected chi connectivity index (χ4v) is 3.99. The average molecular weight is 259 g/mol. The smallest absolute Gasteiger partial charge is 0.309 e. The van der Waals surface area contributed by atoms with E-state index in [4.69, 9.17) is 4.74 Å². The molecule has 2 aliphatic heterocycles. The molecule has 1 unspecified atom stereocenters. The largest absolute Gasteiger partial charge is 0.469 e. The minimum absolute atomic E-state index is 0.0149. The summed E-state index contributed by atoms with van der Waals surface area (Å²) in [5.74, 6) is 0.248. The lowest BCUT2D eigenvalue weighted by atomic mass is 9.76. The summed E-state index contributed by atoms with van der Waals surface area (Å²) in [5, 5.41) is 0. The van der Waals surface area contributed by atoms with E-state index in [1.807, 2.05) is 6.07 Å². The topological polar surface area (TPSA) is 29.5 Å². The Morgan fingerprint density at radius 3 is 2.68 bits per heavy atom. The number of rotatable bonds is 2. The molecule has 2 saturated heterocycles. The van der Waals surface area contributed by atoms with E-state index < -0.39 is 0 Å². The Kier molecular flexibility index (Phi) is 3.31. The van der Waals surface area contributed by atoms with Crippen LogP contribution in [0, 0.1) is 5.92 Å². The Bertz CT molecular complexity index is 459. The molecule has 2 aliphatic rings. The number of benzene rings is 1. The van der Waals surface area contributed by atoms with Crippen LogP contribution in [0.25, 0.3) is 0 Å². The van der Waals surface area contributed by atoms with Crippen LogP contribution in [-0.4, -0.2) is 37.1 Å². The second kappa shape index (κ2) is 4.97. The number of hydrogen-bond acceptors (Lipinski definition) is 3. The van der Waals surface area contributed by atoms with Crippen LogP contribution in [0.5, 0.6) is 0 Å². The number of esters is 1. The maximum atomic E-state index is 12.1.